The Labute approximate surface area is 71.1 Å². The quantitative estimate of drug-likeness (QED) is 0.674. The lowest BCUT2D eigenvalue weighted by Crippen LogP contribution is -1.97. The van der Waals surface area contributed by atoms with Crippen LogP contribution in [0, 0.1) is 0 Å². The molecule has 4 heteroatoms. The van der Waals surface area contributed by atoms with E-state index in [9.17, 15) is 5.11 Å². The Kier molecular flexibility index (Phi) is 2.50. The zero-order chi connectivity index (χ0) is 9.14. The van der Waals surface area contributed by atoms with Crippen molar-refractivity contribution in [3.63, 3.8) is 0 Å². The number of aryl methyl sites for hydroxylation is 1. The molecule has 0 saturated heterocycles. The van der Waals surface area contributed by atoms with E-state index in [1.807, 2.05) is 0 Å². The van der Waals surface area contributed by atoms with Gasteiger partial charge in [-0.05, 0) is 0 Å². The molecule has 0 saturated carbocycles. The zero-order valence-electron chi connectivity index (χ0n) is 7.19. The van der Waals surface area contributed by atoms with Crippen LogP contribution in [0.5, 0.6) is 5.88 Å². The second kappa shape index (κ2) is 3.40. The van der Waals surface area contributed by atoms with Crippen molar-refractivity contribution in [2.45, 2.75) is 6.10 Å². The summed E-state index contributed by atoms with van der Waals surface area (Å²) in [5, 5.41) is 13.3. The highest BCUT2D eigenvalue weighted by molar-refractivity contribution is 5.19. The van der Waals surface area contributed by atoms with Crippen LogP contribution in [-0.2, 0) is 7.05 Å². The molecule has 1 aromatic rings. The summed E-state index contributed by atoms with van der Waals surface area (Å²) in [7, 11) is 3.30. The molecule has 0 aliphatic rings. The number of aliphatic hydroxyl groups excluding tert-OH is 1. The van der Waals surface area contributed by atoms with E-state index in [0.717, 1.165) is 0 Å². The van der Waals surface area contributed by atoms with Crippen molar-refractivity contribution in [3.05, 3.63) is 24.4 Å². The van der Waals surface area contributed by atoms with Crippen LogP contribution in [0.15, 0.2) is 18.7 Å². The number of rotatable bonds is 3. The average Bonchev–Trinajstić information content (AvgIpc) is 2.45. The lowest BCUT2D eigenvalue weighted by atomic mass is 10.2. The minimum Gasteiger partial charge on any atom is -0.481 e. The summed E-state index contributed by atoms with van der Waals surface area (Å²) in [6.07, 6.45) is 0.696. The van der Waals surface area contributed by atoms with Gasteiger partial charge in [0.2, 0.25) is 5.88 Å². The van der Waals surface area contributed by atoms with Gasteiger partial charge in [-0.2, -0.15) is 5.10 Å². The molecule has 0 aliphatic heterocycles. The first-order valence-electron chi connectivity index (χ1n) is 3.57. The second-order valence-electron chi connectivity index (χ2n) is 2.42. The van der Waals surface area contributed by atoms with E-state index in [1.54, 1.807) is 24.9 Å². The van der Waals surface area contributed by atoms with Gasteiger partial charge in [-0.1, -0.05) is 6.08 Å². The lowest BCUT2D eigenvalue weighted by molar-refractivity contribution is 0.223. The van der Waals surface area contributed by atoms with Crippen molar-refractivity contribution in [2.75, 3.05) is 7.11 Å². The van der Waals surface area contributed by atoms with Crippen LogP contribution in [0.2, 0.25) is 0 Å². The monoisotopic (exact) mass is 168 g/mol. The van der Waals surface area contributed by atoms with Crippen LogP contribution < -0.4 is 4.74 Å². The molecule has 12 heavy (non-hydrogen) atoms. The van der Waals surface area contributed by atoms with Crippen LogP contribution in [0.25, 0.3) is 0 Å². The van der Waals surface area contributed by atoms with E-state index in [1.165, 1.54) is 6.08 Å². The van der Waals surface area contributed by atoms with Gasteiger partial charge in [-0.3, -0.25) is 0 Å². The molecule has 1 heterocycles. The first-order chi connectivity index (χ1) is 5.69. The molecule has 0 amide bonds. The largest absolute Gasteiger partial charge is 0.481 e. The Morgan fingerprint density at radius 2 is 2.50 bits per heavy atom. The fourth-order valence-electron chi connectivity index (χ4n) is 0.928. The molecule has 1 rings (SSSR count). The average molecular weight is 168 g/mol. The first kappa shape index (κ1) is 8.80. The predicted molar refractivity (Wildman–Crippen MR) is 44.9 cm³/mol. The van der Waals surface area contributed by atoms with Gasteiger partial charge < -0.3 is 9.84 Å². The number of aliphatic hydroxyl groups is 1. The van der Waals surface area contributed by atoms with Crippen molar-refractivity contribution in [3.8, 4) is 5.88 Å². The van der Waals surface area contributed by atoms with E-state index in [-0.39, 0.29) is 0 Å². The Balaban J connectivity index is 2.95. The van der Waals surface area contributed by atoms with Gasteiger partial charge in [0, 0.05) is 13.1 Å². The molecule has 1 atom stereocenters. The number of hydrogen-bond donors (Lipinski definition) is 1. The summed E-state index contributed by atoms with van der Waals surface area (Å²) in [6, 6.07) is 1.67. The molecule has 0 spiro atoms. The standard InChI is InChI=1S/C8H12N2O2/c1-4-7(11)6-5-8(12-3)10(2)9-6/h4-5,7,11H,1H2,2-3H3. The molecule has 0 bridgehead atoms. The second-order valence-corrected chi connectivity index (χ2v) is 2.42. The first-order valence-corrected chi connectivity index (χ1v) is 3.57. The predicted octanol–water partition coefficient (Wildman–Crippen LogP) is 0.648. The highest BCUT2D eigenvalue weighted by Gasteiger charge is 2.09. The van der Waals surface area contributed by atoms with Crippen LogP contribution in [0.3, 0.4) is 0 Å². The van der Waals surface area contributed by atoms with Gasteiger partial charge in [0.15, 0.2) is 0 Å². The van der Waals surface area contributed by atoms with Crippen LogP contribution >= 0.6 is 0 Å². The van der Waals surface area contributed by atoms with Crippen LogP contribution in [-0.4, -0.2) is 22.0 Å². The zero-order valence-corrected chi connectivity index (χ0v) is 7.19. The minimum absolute atomic E-state index is 0.546. The molecule has 1 unspecified atom stereocenters. The third-order valence-corrected chi connectivity index (χ3v) is 1.59. The summed E-state index contributed by atoms with van der Waals surface area (Å²) >= 11 is 0. The van der Waals surface area contributed by atoms with Gasteiger partial charge in [0.05, 0.1) is 12.8 Å². The number of methoxy groups -OCH3 is 1. The number of aromatic nitrogens is 2. The van der Waals surface area contributed by atoms with Crippen molar-refractivity contribution in [2.24, 2.45) is 7.05 Å². The molecular formula is C8H12N2O2. The summed E-state index contributed by atoms with van der Waals surface area (Å²) in [4.78, 5) is 0. The topological polar surface area (TPSA) is 47.3 Å². The van der Waals surface area contributed by atoms with Gasteiger partial charge in [0.25, 0.3) is 0 Å². The van der Waals surface area contributed by atoms with Crippen molar-refractivity contribution < 1.29 is 9.84 Å². The molecule has 1 aromatic heterocycles. The summed E-state index contributed by atoms with van der Waals surface area (Å²) < 4.78 is 6.53. The van der Waals surface area contributed by atoms with Gasteiger partial charge in [0.1, 0.15) is 6.10 Å². The number of hydrogen-bond acceptors (Lipinski definition) is 3. The third-order valence-electron chi connectivity index (χ3n) is 1.59. The van der Waals surface area contributed by atoms with E-state index in [0.29, 0.717) is 11.6 Å². The number of ether oxygens (including phenoxy) is 1. The fourth-order valence-corrected chi connectivity index (χ4v) is 0.928. The Morgan fingerprint density at radius 3 is 2.92 bits per heavy atom. The normalized spacial score (nSPS) is 12.6. The Bertz CT molecular complexity index is 281. The van der Waals surface area contributed by atoms with E-state index in [4.69, 9.17) is 4.74 Å². The molecular weight excluding hydrogens is 156 g/mol. The van der Waals surface area contributed by atoms with E-state index < -0.39 is 6.10 Å². The van der Waals surface area contributed by atoms with Gasteiger partial charge in [-0.15, -0.1) is 6.58 Å². The summed E-state index contributed by atoms with van der Waals surface area (Å²) in [5.74, 6) is 0.617. The fraction of sp³-hybridized carbons (Fsp3) is 0.375. The molecule has 0 fully saturated rings. The maximum atomic E-state index is 9.31. The van der Waals surface area contributed by atoms with E-state index >= 15 is 0 Å². The van der Waals surface area contributed by atoms with Crippen LogP contribution in [0.1, 0.15) is 11.8 Å². The summed E-state index contributed by atoms with van der Waals surface area (Å²) in [5.41, 5.74) is 0.546. The lowest BCUT2D eigenvalue weighted by Gasteiger charge is -1.96. The number of nitrogens with zero attached hydrogens (tertiary/aromatic N) is 2. The molecule has 1 N–H and O–H groups in total. The van der Waals surface area contributed by atoms with Gasteiger partial charge >= 0.3 is 0 Å². The molecule has 0 radical (unpaired) electrons. The summed E-state index contributed by atoms with van der Waals surface area (Å²) in [6.45, 7) is 3.46. The Morgan fingerprint density at radius 1 is 1.83 bits per heavy atom. The van der Waals surface area contributed by atoms with Crippen LogP contribution in [0.4, 0.5) is 0 Å². The smallest absolute Gasteiger partial charge is 0.211 e. The highest BCUT2D eigenvalue weighted by Crippen LogP contribution is 2.17. The van der Waals surface area contributed by atoms with Crippen molar-refractivity contribution >= 4 is 0 Å². The highest BCUT2D eigenvalue weighted by atomic mass is 16.5. The van der Waals surface area contributed by atoms with Crippen molar-refractivity contribution in [1.82, 2.24) is 9.78 Å². The third kappa shape index (κ3) is 1.48. The Hall–Kier alpha value is -1.29. The van der Waals surface area contributed by atoms with Gasteiger partial charge in [-0.25, -0.2) is 4.68 Å². The minimum atomic E-state index is -0.722. The molecule has 0 aliphatic carbocycles. The maximum Gasteiger partial charge on any atom is 0.211 e. The van der Waals surface area contributed by atoms with Crippen molar-refractivity contribution in [1.29, 1.82) is 0 Å². The molecule has 66 valence electrons. The SMILES string of the molecule is C=CC(O)c1cc(OC)n(C)n1. The molecule has 0 aromatic carbocycles. The van der Waals surface area contributed by atoms with E-state index in [2.05, 4.69) is 11.7 Å². The maximum absolute atomic E-state index is 9.31. The molecule has 4 nitrogen and oxygen atoms in total.